The molecule has 4 nitrogen and oxygen atoms in total. The van der Waals surface area contributed by atoms with Crippen LogP contribution in [0.2, 0.25) is 0 Å². The molecule has 0 bridgehead atoms. The Morgan fingerprint density at radius 3 is 2.64 bits per heavy atom. The molecule has 1 aliphatic rings. The summed E-state index contributed by atoms with van der Waals surface area (Å²) in [6.07, 6.45) is 0. The quantitative estimate of drug-likeness (QED) is 0.838. The summed E-state index contributed by atoms with van der Waals surface area (Å²) in [5, 5.41) is 4.94. The smallest absolute Gasteiger partial charge is 0.237 e. The Morgan fingerprint density at radius 2 is 1.92 bits per heavy atom. The average molecular weight is 348 g/mol. The first-order valence-electron chi connectivity index (χ1n) is 7.67. The van der Waals surface area contributed by atoms with Gasteiger partial charge in [-0.2, -0.15) is 0 Å². The van der Waals surface area contributed by atoms with Crippen molar-refractivity contribution in [2.75, 3.05) is 11.9 Å². The molecule has 130 valence electrons. The van der Waals surface area contributed by atoms with Gasteiger partial charge in [0.2, 0.25) is 11.8 Å². The van der Waals surface area contributed by atoms with Crippen molar-refractivity contribution in [2.45, 2.75) is 12.8 Å². The van der Waals surface area contributed by atoms with Crippen molar-refractivity contribution >= 4 is 17.5 Å². The molecule has 0 spiro atoms. The highest BCUT2D eigenvalue weighted by Crippen LogP contribution is 2.31. The summed E-state index contributed by atoms with van der Waals surface area (Å²) in [6, 6.07) is 7.76. The van der Waals surface area contributed by atoms with Crippen LogP contribution in [0.1, 0.15) is 17.0 Å². The highest BCUT2D eigenvalue weighted by Gasteiger charge is 2.41. The fourth-order valence-corrected chi connectivity index (χ4v) is 2.93. The molecule has 1 fully saturated rings. The maximum absolute atomic E-state index is 14.1. The molecular formula is C18H15F3N2O2. The third-order valence-corrected chi connectivity index (χ3v) is 4.28. The lowest BCUT2D eigenvalue weighted by Gasteiger charge is -2.17. The Kier molecular flexibility index (Phi) is 4.48. The fourth-order valence-electron chi connectivity index (χ4n) is 2.93. The van der Waals surface area contributed by atoms with Gasteiger partial charge < -0.3 is 10.6 Å². The van der Waals surface area contributed by atoms with Gasteiger partial charge in [-0.05, 0) is 36.2 Å². The third-order valence-electron chi connectivity index (χ3n) is 4.28. The molecule has 3 rings (SSSR count). The molecule has 2 aromatic carbocycles. The second-order valence-electron chi connectivity index (χ2n) is 5.93. The summed E-state index contributed by atoms with van der Waals surface area (Å²) < 4.78 is 40.6. The molecule has 2 atom stereocenters. The number of carbonyl (C=O) groups excluding carboxylic acids is 2. The number of aryl methyl sites for hydroxylation is 1. The van der Waals surface area contributed by atoms with E-state index in [1.54, 1.807) is 19.1 Å². The predicted molar refractivity (Wildman–Crippen MR) is 85.4 cm³/mol. The van der Waals surface area contributed by atoms with E-state index < -0.39 is 41.1 Å². The number of halogens is 3. The van der Waals surface area contributed by atoms with Crippen LogP contribution in [0.3, 0.4) is 0 Å². The van der Waals surface area contributed by atoms with Crippen LogP contribution in [0.5, 0.6) is 0 Å². The van der Waals surface area contributed by atoms with Gasteiger partial charge in [0, 0.05) is 12.5 Å². The third kappa shape index (κ3) is 3.22. The second kappa shape index (κ2) is 6.58. The van der Waals surface area contributed by atoms with Gasteiger partial charge in [0.25, 0.3) is 0 Å². The van der Waals surface area contributed by atoms with Crippen LogP contribution in [0, 0.1) is 30.3 Å². The van der Waals surface area contributed by atoms with E-state index in [9.17, 15) is 22.8 Å². The predicted octanol–water partition coefficient (Wildman–Crippen LogP) is 2.88. The van der Waals surface area contributed by atoms with Crippen LogP contribution in [0.25, 0.3) is 0 Å². The molecule has 25 heavy (non-hydrogen) atoms. The highest BCUT2D eigenvalue weighted by atomic mass is 19.2. The van der Waals surface area contributed by atoms with Crippen LogP contribution in [-0.4, -0.2) is 18.4 Å². The first-order chi connectivity index (χ1) is 11.9. The molecule has 7 heteroatoms. The summed E-state index contributed by atoms with van der Waals surface area (Å²) in [5.41, 5.74) is 0.640. The van der Waals surface area contributed by atoms with Crippen LogP contribution in [0.4, 0.5) is 18.9 Å². The number of carbonyl (C=O) groups is 2. The molecule has 1 heterocycles. The molecule has 2 aromatic rings. The maximum atomic E-state index is 14.1. The van der Waals surface area contributed by atoms with Gasteiger partial charge in [-0.3, -0.25) is 9.59 Å². The lowest BCUT2D eigenvalue weighted by atomic mass is 9.87. The number of amides is 2. The van der Waals surface area contributed by atoms with Crippen LogP contribution in [0.15, 0.2) is 36.4 Å². The summed E-state index contributed by atoms with van der Waals surface area (Å²) in [5.74, 6) is -5.72. The van der Waals surface area contributed by atoms with Crippen LogP contribution < -0.4 is 10.6 Å². The van der Waals surface area contributed by atoms with Crippen LogP contribution in [-0.2, 0) is 9.59 Å². The molecule has 0 aliphatic carbocycles. The molecule has 2 unspecified atom stereocenters. The molecular weight excluding hydrogens is 333 g/mol. The fraction of sp³-hybridized carbons (Fsp3) is 0.222. The van der Waals surface area contributed by atoms with Gasteiger partial charge in [-0.15, -0.1) is 0 Å². The van der Waals surface area contributed by atoms with E-state index in [1.807, 2.05) is 0 Å². The zero-order valence-electron chi connectivity index (χ0n) is 13.3. The van der Waals surface area contributed by atoms with Gasteiger partial charge in [0.1, 0.15) is 11.7 Å². The zero-order valence-corrected chi connectivity index (χ0v) is 13.3. The Labute approximate surface area is 142 Å². The van der Waals surface area contributed by atoms with Gasteiger partial charge in [-0.25, -0.2) is 13.2 Å². The molecule has 2 N–H and O–H groups in total. The van der Waals surface area contributed by atoms with Crippen molar-refractivity contribution in [1.29, 1.82) is 0 Å². The first kappa shape index (κ1) is 17.0. The summed E-state index contributed by atoms with van der Waals surface area (Å²) in [4.78, 5) is 24.6. The number of nitrogens with one attached hydrogen (secondary N) is 2. The molecule has 0 radical (unpaired) electrons. The van der Waals surface area contributed by atoms with E-state index in [1.165, 1.54) is 12.1 Å². The number of benzene rings is 2. The van der Waals surface area contributed by atoms with Crippen molar-refractivity contribution in [3.05, 3.63) is 65.0 Å². The van der Waals surface area contributed by atoms with Crippen LogP contribution >= 0.6 is 0 Å². The summed E-state index contributed by atoms with van der Waals surface area (Å²) in [7, 11) is 0. The zero-order chi connectivity index (χ0) is 18.1. The summed E-state index contributed by atoms with van der Waals surface area (Å²) >= 11 is 0. The van der Waals surface area contributed by atoms with E-state index in [4.69, 9.17) is 0 Å². The monoisotopic (exact) mass is 348 g/mol. The van der Waals surface area contributed by atoms with E-state index in [0.717, 1.165) is 12.1 Å². The maximum Gasteiger partial charge on any atom is 0.237 e. The average Bonchev–Trinajstić information content (AvgIpc) is 2.96. The molecule has 2 amide bonds. The molecule has 0 saturated carbocycles. The standard InChI is InChI=1S/C18H15F3N2O2/c1-9-3-2-4-14(16(9)21)23-18(25)15-11(8-22-17(15)24)10-5-6-12(19)13(20)7-10/h2-7,11,15H,8H2,1H3,(H,22,24)(H,23,25). The Balaban J connectivity index is 1.87. The van der Waals surface area contributed by atoms with Crippen molar-refractivity contribution in [2.24, 2.45) is 5.92 Å². The highest BCUT2D eigenvalue weighted by molar-refractivity contribution is 6.08. The molecule has 1 aliphatic heterocycles. The normalized spacial score (nSPS) is 19.6. The SMILES string of the molecule is Cc1cccc(NC(=O)C2C(=O)NCC2c2ccc(F)c(F)c2)c1F. The van der Waals surface area contributed by atoms with Crippen molar-refractivity contribution in [3.8, 4) is 0 Å². The summed E-state index contributed by atoms with van der Waals surface area (Å²) in [6.45, 7) is 1.66. The van der Waals surface area contributed by atoms with Gasteiger partial charge >= 0.3 is 0 Å². The number of rotatable bonds is 3. The van der Waals surface area contributed by atoms with Crippen molar-refractivity contribution < 1.29 is 22.8 Å². The van der Waals surface area contributed by atoms with Gasteiger partial charge in [0.05, 0.1) is 5.69 Å². The molecule has 0 aromatic heterocycles. The lowest BCUT2D eigenvalue weighted by molar-refractivity contribution is -0.130. The number of hydrogen-bond donors (Lipinski definition) is 2. The Morgan fingerprint density at radius 1 is 1.16 bits per heavy atom. The minimum absolute atomic E-state index is 0.0336. The number of hydrogen-bond acceptors (Lipinski definition) is 2. The number of anilines is 1. The van der Waals surface area contributed by atoms with E-state index in [2.05, 4.69) is 10.6 Å². The van der Waals surface area contributed by atoms with Crippen molar-refractivity contribution in [3.63, 3.8) is 0 Å². The van der Waals surface area contributed by atoms with Gasteiger partial charge in [-0.1, -0.05) is 18.2 Å². The minimum atomic E-state index is -1.16. The van der Waals surface area contributed by atoms with E-state index in [0.29, 0.717) is 11.1 Å². The lowest BCUT2D eigenvalue weighted by Crippen LogP contribution is -2.32. The van der Waals surface area contributed by atoms with E-state index in [-0.39, 0.29) is 12.2 Å². The van der Waals surface area contributed by atoms with E-state index >= 15 is 0 Å². The first-order valence-corrected chi connectivity index (χ1v) is 7.67. The topological polar surface area (TPSA) is 58.2 Å². The van der Waals surface area contributed by atoms with Crippen molar-refractivity contribution in [1.82, 2.24) is 5.32 Å². The largest absolute Gasteiger partial charge is 0.355 e. The molecule has 1 saturated heterocycles. The van der Waals surface area contributed by atoms with Gasteiger partial charge in [0.15, 0.2) is 11.6 Å². The minimum Gasteiger partial charge on any atom is -0.355 e. The second-order valence-corrected chi connectivity index (χ2v) is 5.93. The Hall–Kier alpha value is -2.83. The Bertz CT molecular complexity index is 854.